The van der Waals surface area contributed by atoms with Crippen molar-refractivity contribution in [3.63, 3.8) is 0 Å². The zero-order chi connectivity index (χ0) is 18.0. The number of carboxylic acids is 1. The second-order valence-electron chi connectivity index (χ2n) is 5.34. The number of halogens is 1. The smallest absolute Gasteiger partial charge is 0.335 e. The molecule has 8 heteroatoms. The molecular formula is C17H13FN2O4S. The largest absolute Gasteiger partial charge is 0.478 e. The summed E-state index contributed by atoms with van der Waals surface area (Å²) in [6.07, 6.45) is -0.165. The second kappa shape index (κ2) is 6.94. The number of amides is 2. The van der Waals surface area contributed by atoms with Gasteiger partial charge in [0, 0.05) is 11.3 Å². The summed E-state index contributed by atoms with van der Waals surface area (Å²) in [6, 6.07) is 10.1. The molecule has 3 rings (SSSR count). The van der Waals surface area contributed by atoms with Gasteiger partial charge in [0.15, 0.2) is 0 Å². The highest BCUT2D eigenvalue weighted by atomic mass is 32.2. The van der Waals surface area contributed by atoms with Gasteiger partial charge in [0.25, 0.3) is 0 Å². The lowest BCUT2D eigenvalue weighted by atomic mass is 10.2. The highest BCUT2D eigenvalue weighted by molar-refractivity contribution is 8.01. The topological polar surface area (TPSA) is 95.5 Å². The Morgan fingerprint density at radius 2 is 2.00 bits per heavy atom. The zero-order valence-corrected chi connectivity index (χ0v) is 13.6. The molecule has 1 aliphatic heterocycles. The van der Waals surface area contributed by atoms with Gasteiger partial charge in [-0.05, 0) is 30.3 Å². The summed E-state index contributed by atoms with van der Waals surface area (Å²) >= 11 is 1.11. The van der Waals surface area contributed by atoms with Crippen LogP contribution < -0.4 is 10.6 Å². The standard InChI is InChI=1S/C17H13FN2O4S/c18-10-3-1-2-4-11(10)19-15(21)8-14-16(22)20-12-6-5-9(17(23)24)7-13(12)25-14/h1-7,14H,8H2,(H,19,21)(H,20,22)(H,23,24)/t14-/m0/s1. The maximum absolute atomic E-state index is 13.6. The minimum atomic E-state index is -1.07. The van der Waals surface area contributed by atoms with Crippen molar-refractivity contribution < 1.29 is 23.9 Å². The van der Waals surface area contributed by atoms with Crippen LogP contribution in [-0.2, 0) is 9.59 Å². The number of carbonyl (C=O) groups is 3. The molecule has 2 amide bonds. The van der Waals surface area contributed by atoms with Crippen LogP contribution in [0.5, 0.6) is 0 Å². The molecule has 1 aliphatic rings. The summed E-state index contributed by atoms with van der Waals surface area (Å²) < 4.78 is 13.6. The molecule has 0 aromatic heterocycles. The first-order valence-electron chi connectivity index (χ1n) is 7.33. The molecule has 0 bridgehead atoms. The van der Waals surface area contributed by atoms with Crippen LogP contribution in [0.1, 0.15) is 16.8 Å². The lowest BCUT2D eigenvalue weighted by Gasteiger charge is -2.24. The Morgan fingerprint density at radius 3 is 2.72 bits per heavy atom. The van der Waals surface area contributed by atoms with Gasteiger partial charge in [-0.1, -0.05) is 12.1 Å². The van der Waals surface area contributed by atoms with E-state index in [-0.39, 0.29) is 23.6 Å². The average Bonchev–Trinajstić information content (AvgIpc) is 2.57. The number of nitrogens with one attached hydrogen (secondary N) is 2. The molecule has 1 atom stereocenters. The summed E-state index contributed by atoms with van der Waals surface area (Å²) in [7, 11) is 0. The summed E-state index contributed by atoms with van der Waals surface area (Å²) in [5.74, 6) is -2.50. The van der Waals surface area contributed by atoms with Crippen molar-refractivity contribution in [3.05, 3.63) is 53.8 Å². The number of carboxylic acid groups (broad SMARTS) is 1. The van der Waals surface area contributed by atoms with Crippen LogP contribution in [0.3, 0.4) is 0 Å². The minimum absolute atomic E-state index is 0.0438. The number of carbonyl (C=O) groups excluding carboxylic acids is 2. The molecule has 0 spiro atoms. The number of para-hydroxylation sites is 1. The minimum Gasteiger partial charge on any atom is -0.478 e. The van der Waals surface area contributed by atoms with Crippen LogP contribution in [0, 0.1) is 5.82 Å². The van der Waals surface area contributed by atoms with E-state index in [4.69, 9.17) is 5.11 Å². The number of aromatic carboxylic acids is 1. The van der Waals surface area contributed by atoms with Gasteiger partial charge < -0.3 is 15.7 Å². The van der Waals surface area contributed by atoms with E-state index in [1.807, 2.05) is 0 Å². The Kier molecular flexibility index (Phi) is 4.71. The number of thioether (sulfide) groups is 1. The van der Waals surface area contributed by atoms with E-state index in [2.05, 4.69) is 10.6 Å². The van der Waals surface area contributed by atoms with Gasteiger partial charge in [0.2, 0.25) is 11.8 Å². The Balaban J connectivity index is 1.72. The normalized spacial score (nSPS) is 15.9. The molecule has 2 aromatic carbocycles. The van der Waals surface area contributed by atoms with Crippen LogP contribution in [0.2, 0.25) is 0 Å². The molecule has 0 unspecified atom stereocenters. The summed E-state index contributed by atoms with van der Waals surface area (Å²) in [6.45, 7) is 0. The molecule has 2 aromatic rings. The van der Waals surface area contributed by atoms with Crippen LogP contribution in [0.25, 0.3) is 0 Å². The number of anilines is 2. The number of rotatable bonds is 4. The molecule has 128 valence electrons. The Labute approximate surface area is 146 Å². The van der Waals surface area contributed by atoms with Crippen molar-refractivity contribution >= 4 is 40.9 Å². The number of benzene rings is 2. The lowest BCUT2D eigenvalue weighted by Crippen LogP contribution is -2.32. The monoisotopic (exact) mass is 360 g/mol. The van der Waals surface area contributed by atoms with Crippen molar-refractivity contribution in [2.24, 2.45) is 0 Å². The Bertz CT molecular complexity index is 871. The van der Waals surface area contributed by atoms with Crippen molar-refractivity contribution in [1.82, 2.24) is 0 Å². The van der Waals surface area contributed by atoms with E-state index in [1.165, 1.54) is 36.4 Å². The average molecular weight is 360 g/mol. The summed E-state index contributed by atoms with van der Waals surface area (Å²) in [4.78, 5) is 35.9. The third-order valence-electron chi connectivity index (χ3n) is 3.57. The van der Waals surface area contributed by atoms with E-state index >= 15 is 0 Å². The fraction of sp³-hybridized carbons (Fsp3) is 0.118. The van der Waals surface area contributed by atoms with Gasteiger partial charge in [-0.25, -0.2) is 9.18 Å². The molecule has 0 fully saturated rings. The highest BCUT2D eigenvalue weighted by Crippen LogP contribution is 2.37. The molecule has 0 aliphatic carbocycles. The van der Waals surface area contributed by atoms with Crippen molar-refractivity contribution in [3.8, 4) is 0 Å². The first kappa shape index (κ1) is 17.0. The van der Waals surface area contributed by atoms with Crippen LogP contribution in [0.15, 0.2) is 47.4 Å². The lowest BCUT2D eigenvalue weighted by molar-refractivity contribution is -0.120. The van der Waals surface area contributed by atoms with Crippen LogP contribution in [-0.4, -0.2) is 28.1 Å². The van der Waals surface area contributed by atoms with E-state index in [1.54, 1.807) is 6.07 Å². The van der Waals surface area contributed by atoms with Gasteiger partial charge in [0.05, 0.1) is 22.2 Å². The van der Waals surface area contributed by atoms with Crippen LogP contribution in [0.4, 0.5) is 15.8 Å². The fourth-order valence-electron chi connectivity index (χ4n) is 2.34. The van der Waals surface area contributed by atoms with E-state index in [0.29, 0.717) is 10.6 Å². The van der Waals surface area contributed by atoms with Crippen molar-refractivity contribution in [2.45, 2.75) is 16.6 Å². The predicted octanol–water partition coefficient (Wildman–Crippen LogP) is 2.97. The third-order valence-corrected chi connectivity index (χ3v) is 4.82. The molecule has 0 saturated heterocycles. The van der Waals surface area contributed by atoms with Crippen molar-refractivity contribution in [2.75, 3.05) is 10.6 Å². The molecule has 3 N–H and O–H groups in total. The summed E-state index contributed by atoms with van der Waals surface area (Å²) in [5, 5.41) is 13.4. The number of hydrogen-bond acceptors (Lipinski definition) is 4. The fourth-order valence-corrected chi connectivity index (χ4v) is 3.49. The van der Waals surface area contributed by atoms with E-state index in [9.17, 15) is 18.8 Å². The first-order valence-corrected chi connectivity index (χ1v) is 8.21. The number of hydrogen-bond donors (Lipinski definition) is 3. The Hall–Kier alpha value is -2.87. The van der Waals surface area contributed by atoms with Crippen LogP contribution >= 0.6 is 11.8 Å². The van der Waals surface area contributed by atoms with Gasteiger partial charge in [0.1, 0.15) is 5.82 Å². The molecule has 6 nitrogen and oxygen atoms in total. The SMILES string of the molecule is O=C(C[C@@H]1Sc2cc(C(=O)O)ccc2NC1=O)Nc1ccccc1F. The van der Waals surface area contributed by atoms with E-state index in [0.717, 1.165) is 11.8 Å². The quantitative estimate of drug-likeness (QED) is 0.779. The third kappa shape index (κ3) is 3.80. The molecule has 0 radical (unpaired) electrons. The molecule has 1 heterocycles. The predicted molar refractivity (Wildman–Crippen MR) is 91.3 cm³/mol. The van der Waals surface area contributed by atoms with Gasteiger partial charge in [-0.3, -0.25) is 9.59 Å². The maximum Gasteiger partial charge on any atom is 0.335 e. The van der Waals surface area contributed by atoms with Gasteiger partial charge in [-0.15, -0.1) is 11.8 Å². The Morgan fingerprint density at radius 1 is 1.24 bits per heavy atom. The maximum atomic E-state index is 13.6. The summed E-state index contributed by atoms with van der Waals surface area (Å²) in [5.41, 5.74) is 0.644. The van der Waals surface area contributed by atoms with Crippen molar-refractivity contribution in [1.29, 1.82) is 0 Å². The zero-order valence-electron chi connectivity index (χ0n) is 12.8. The molecular weight excluding hydrogens is 347 g/mol. The number of fused-ring (bicyclic) bond motifs is 1. The van der Waals surface area contributed by atoms with E-state index < -0.39 is 22.9 Å². The molecule has 25 heavy (non-hydrogen) atoms. The van der Waals surface area contributed by atoms with Gasteiger partial charge >= 0.3 is 5.97 Å². The first-order chi connectivity index (χ1) is 11.9. The van der Waals surface area contributed by atoms with Gasteiger partial charge in [-0.2, -0.15) is 0 Å². The molecule has 0 saturated carbocycles. The highest BCUT2D eigenvalue weighted by Gasteiger charge is 2.29. The second-order valence-corrected chi connectivity index (χ2v) is 6.59.